The van der Waals surface area contributed by atoms with E-state index < -0.39 is 0 Å². The van der Waals surface area contributed by atoms with E-state index in [9.17, 15) is 14.4 Å². The van der Waals surface area contributed by atoms with Crippen molar-refractivity contribution in [3.05, 3.63) is 0 Å². The molecule has 1 N–H and O–H groups in total. The van der Waals surface area contributed by atoms with Gasteiger partial charge in [0.25, 0.3) is 0 Å². The predicted octanol–water partition coefficient (Wildman–Crippen LogP) is 2.52. The Morgan fingerprint density at radius 1 is 0.909 bits per heavy atom. The van der Waals surface area contributed by atoms with Gasteiger partial charge in [-0.3, -0.25) is 14.4 Å². The monoisotopic (exact) mass is 313 g/mol. The lowest BCUT2D eigenvalue weighted by molar-refractivity contribution is -0.127. The molecule has 0 aromatic heterocycles. The topological polar surface area (TPSA) is 72.5 Å². The van der Waals surface area contributed by atoms with E-state index in [2.05, 4.69) is 19.2 Å². The van der Waals surface area contributed by atoms with Crippen molar-refractivity contribution in [1.82, 2.24) is 5.32 Å². The molecule has 0 atom stereocenters. The van der Waals surface area contributed by atoms with Crippen LogP contribution in [-0.4, -0.2) is 37.2 Å². The van der Waals surface area contributed by atoms with Crippen molar-refractivity contribution < 1.29 is 19.1 Å². The number of hydrogen-bond acceptors (Lipinski definition) is 4. The summed E-state index contributed by atoms with van der Waals surface area (Å²) >= 11 is 0. The number of carbonyl (C=O) groups is 3. The molecule has 0 rings (SSSR count). The van der Waals surface area contributed by atoms with Crippen molar-refractivity contribution in [3.63, 3.8) is 0 Å². The van der Waals surface area contributed by atoms with Crippen LogP contribution in [0.2, 0.25) is 0 Å². The first kappa shape index (κ1) is 20.8. The summed E-state index contributed by atoms with van der Waals surface area (Å²) in [7, 11) is 0. The number of carbonyl (C=O) groups excluding carboxylic acids is 3. The SMILES string of the molecule is CC(C)CCC(=O)CCOCCNC(=O)CCC(=O)C(C)C. The summed E-state index contributed by atoms with van der Waals surface area (Å²) in [5, 5.41) is 2.70. The molecule has 0 unspecified atom stereocenters. The summed E-state index contributed by atoms with van der Waals surface area (Å²) in [6.45, 7) is 9.06. The van der Waals surface area contributed by atoms with Crippen LogP contribution in [0.15, 0.2) is 0 Å². The zero-order chi connectivity index (χ0) is 17.0. The Hall–Kier alpha value is -1.23. The fourth-order valence-corrected chi connectivity index (χ4v) is 1.74. The zero-order valence-electron chi connectivity index (χ0n) is 14.4. The van der Waals surface area contributed by atoms with Gasteiger partial charge in [0.1, 0.15) is 11.6 Å². The number of nitrogens with one attached hydrogen (secondary N) is 1. The molecule has 0 radical (unpaired) electrons. The van der Waals surface area contributed by atoms with E-state index in [-0.39, 0.29) is 36.2 Å². The maximum Gasteiger partial charge on any atom is 0.220 e. The van der Waals surface area contributed by atoms with Gasteiger partial charge in [0, 0.05) is 38.1 Å². The Labute approximate surface area is 134 Å². The molecule has 0 aromatic rings. The van der Waals surface area contributed by atoms with Crippen LogP contribution < -0.4 is 5.32 Å². The van der Waals surface area contributed by atoms with Crippen molar-refractivity contribution in [2.45, 2.75) is 59.8 Å². The molecular formula is C17H31NO4. The second-order valence-electron chi connectivity index (χ2n) is 6.30. The fourth-order valence-electron chi connectivity index (χ4n) is 1.74. The highest BCUT2D eigenvalue weighted by atomic mass is 16.5. The molecule has 22 heavy (non-hydrogen) atoms. The van der Waals surface area contributed by atoms with Crippen molar-refractivity contribution in [3.8, 4) is 0 Å². The summed E-state index contributed by atoms with van der Waals surface area (Å²) < 4.78 is 5.32. The predicted molar refractivity (Wildman–Crippen MR) is 86.6 cm³/mol. The Morgan fingerprint density at radius 2 is 1.59 bits per heavy atom. The lowest BCUT2D eigenvalue weighted by atomic mass is 10.0. The lowest BCUT2D eigenvalue weighted by Gasteiger charge is -2.07. The van der Waals surface area contributed by atoms with E-state index in [1.165, 1.54) is 0 Å². The average Bonchev–Trinajstić information content (AvgIpc) is 2.45. The van der Waals surface area contributed by atoms with Gasteiger partial charge in [-0.15, -0.1) is 0 Å². The minimum atomic E-state index is -0.134. The maximum absolute atomic E-state index is 11.5. The first-order valence-corrected chi connectivity index (χ1v) is 8.21. The average molecular weight is 313 g/mol. The minimum absolute atomic E-state index is 0.0237. The van der Waals surface area contributed by atoms with Gasteiger partial charge in [0.05, 0.1) is 13.2 Å². The van der Waals surface area contributed by atoms with Gasteiger partial charge in [-0.05, 0) is 12.3 Å². The molecule has 0 bridgehead atoms. The van der Waals surface area contributed by atoms with Crippen LogP contribution in [0.5, 0.6) is 0 Å². The Morgan fingerprint density at radius 3 is 2.18 bits per heavy atom. The lowest BCUT2D eigenvalue weighted by Crippen LogP contribution is -2.28. The maximum atomic E-state index is 11.5. The number of Topliss-reactive ketones (excluding diaryl/α,β-unsaturated/α-hetero) is 2. The van der Waals surface area contributed by atoms with Gasteiger partial charge in [-0.2, -0.15) is 0 Å². The van der Waals surface area contributed by atoms with E-state index in [1.54, 1.807) is 0 Å². The largest absolute Gasteiger partial charge is 0.379 e. The summed E-state index contributed by atoms with van der Waals surface area (Å²) in [6.07, 6.45) is 2.48. The van der Waals surface area contributed by atoms with Crippen molar-refractivity contribution in [2.75, 3.05) is 19.8 Å². The molecule has 0 aromatic carbocycles. The molecule has 0 aliphatic rings. The highest BCUT2D eigenvalue weighted by Crippen LogP contribution is 2.05. The summed E-state index contributed by atoms with van der Waals surface area (Å²) in [6, 6.07) is 0. The number of ether oxygens (including phenoxy) is 1. The molecule has 128 valence electrons. The third kappa shape index (κ3) is 12.5. The van der Waals surface area contributed by atoms with E-state index >= 15 is 0 Å². The van der Waals surface area contributed by atoms with E-state index in [0.717, 1.165) is 6.42 Å². The Bertz CT molecular complexity index is 351. The third-order valence-corrected chi connectivity index (χ3v) is 3.34. The quantitative estimate of drug-likeness (QED) is 0.530. The molecular weight excluding hydrogens is 282 g/mol. The van der Waals surface area contributed by atoms with Gasteiger partial charge in [-0.1, -0.05) is 27.7 Å². The smallest absolute Gasteiger partial charge is 0.220 e. The second kappa shape index (κ2) is 12.3. The normalized spacial score (nSPS) is 11.0. The van der Waals surface area contributed by atoms with Crippen LogP contribution in [0.4, 0.5) is 0 Å². The molecule has 0 fully saturated rings. The number of hydrogen-bond donors (Lipinski definition) is 1. The first-order chi connectivity index (χ1) is 10.3. The molecule has 0 saturated carbocycles. The van der Waals surface area contributed by atoms with Gasteiger partial charge in [-0.25, -0.2) is 0 Å². The van der Waals surface area contributed by atoms with Crippen LogP contribution in [0.25, 0.3) is 0 Å². The van der Waals surface area contributed by atoms with Crippen LogP contribution >= 0.6 is 0 Å². The fraction of sp³-hybridized carbons (Fsp3) is 0.824. The highest BCUT2D eigenvalue weighted by molar-refractivity contribution is 5.85. The standard InChI is InChI=1S/C17H31NO4/c1-13(2)5-6-15(19)9-11-22-12-10-18-17(21)8-7-16(20)14(3)4/h13-14H,5-12H2,1-4H3,(H,18,21). The summed E-state index contributed by atoms with van der Waals surface area (Å²) in [5.74, 6) is 0.717. The highest BCUT2D eigenvalue weighted by Gasteiger charge is 2.09. The van der Waals surface area contributed by atoms with Crippen LogP contribution in [0, 0.1) is 11.8 Å². The number of amides is 1. The third-order valence-electron chi connectivity index (χ3n) is 3.34. The zero-order valence-corrected chi connectivity index (χ0v) is 14.4. The van der Waals surface area contributed by atoms with Crippen LogP contribution in [0.3, 0.4) is 0 Å². The van der Waals surface area contributed by atoms with Gasteiger partial charge in [0.15, 0.2) is 0 Å². The molecule has 0 heterocycles. The molecule has 5 nitrogen and oxygen atoms in total. The van der Waals surface area contributed by atoms with E-state index in [0.29, 0.717) is 38.5 Å². The van der Waals surface area contributed by atoms with Gasteiger partial charge in [0.2, 0.25) is 5.91 Å². The van der Waals surface area contributed by atoms with Gasteiger partial charge >= 0.3 is 0 Å². The molecule has 0 saturated heterocycles. The van der Waals surface area contributed by atoms with Crippen molar-refractivity contribution >= 4 is 17.5 Å². The minimum Gasteiger partial charge on any atom is -0.379 e. The van der Waals surface area contributed by atoms with Crippen LogP contribution in [0.1, 0.15) is 59.8 Å². The van der Waals surface area contributed by atoms with Crippen molar-refractivity contribution in [2.24, 2.45) is 11.8 Å². The number of ketones is 2. The summed E-state index contributed by atoms with van der Waals surface area (Å²) in [4.78, 5) is 34.4. The summed E-state index contributed by atoms with van der Waals surface area (Å²) in [5.41, 5.74) is 0. The molecule has 0 spiro atoms. The molecule has 1 amide bonds. The van der Waals surface area contributed by atoms with Gasteiger partial charge < -0.3 is 10.1 Å². The van der Waals surface area contributed by atoms with Crippen LogP contribution in [-0.2, 0) is 19.1 Å². The molecule has 0 aliphatic carbocycles. The second-order valence-corrected chi connectivity index (χ2v) is 6.30. The Balaban J connectivity index is 3.47. The molecule has 0 aliphatic heterocycles. The van der Waals surface area contributed by atoms with E-state index in [1.807, 2.05) is 13.8 Å². The Kier molecular flexibility index (Phi) is 11.6. The van der Waals surface area contributed by atoms with Crippen molar-refractivity contribution in [1.29, 1.82) is 0 Å². The van der Waals surface area contributed by atoms with E-state index in [4.69, 9.17) is 4.74 Å². The number of rotatable bonds is 13. The first-order valence-electron chi connectivity index (χ1n) is 8.21. The molecule has 5 heteroatoms.